The molecule has 200 valence electrons. The minimum Gasteiger partial charge on any atom is -0.497 e. The van der Waals surface area contributed by atoms with E-state index in [1.165, 1.54) is 106 Å². The zero-order valence-corrected chi connectivity index (χ0v) is 20.7. The standard InChI is InChI=1S/C17H34N2O.C6H3N3O7/c1-2-4-6-9-18(8-5-3-1)10-7-11-19(13-12-18)14-16-20-17-15-19;10-6-4(8(13)14)1-3(7(11)12)2-5(6)9(15)16/h1-17H2;1-2,10H/q+2;. The number of nitro groups is 3. The predicted molar refractivity (Wildman–Crippen MR) is 131 cm³/mol. The number of hydrogen-bond acceptors (Lipinski definition) is 8. The number of nitro benzene ring substituents is 3. The van der Waals surface area contributed by atoms with Crippen LogP contribution in [0.3, 0.4) is 0 Å². The summed E-state index contributed by atoms with van der Waals surface area (Å²) in [6.07, 6.45) is 10.3. The molecule has 1 aromatic carbocycles. The number of morpholine rings is 1. The summed E-state index contributed by atoms with van der Waals surface area (Å²) in [5.41, 5.74) is -3.00. The molecular formula is C23H37N5O8+2. The smallest absolute Gasteiger partial charge is 0.324 e. The van der Waals surface area contributed by atoms with Crippen LogP contribution in [0.2, 0.25) is 0 Å². The molecule has 0 atom stereocenters. The zero-order chi connectivity index (χ0) is 26.2. The van der Waals surface area contributed by atoms with Gasteiger partial charge in [0.2, 0.25) is 0 Å². The van der Waals surface area contributed by atoms with E-state index >= 15 is 0 Å². The molecule has 0 radical (unpaired) electrons. The molecule has 0 aromatic heterocycles. The van der Waals surface area contributed by atoms with Crippen molar-refractivity contribution in [1.82, 2.24) is 0 Å². The van der Waals surface area contributed by atoms with Crippen LogP contribution in [0.1, 0.15) is 44.9 Å². The molecule has 0 amide bonds. The lowest BCUT2D eigenvalue weighted by Crippen LogP contribution is -2.58. The van der Waals surface area contributed by atoms with Gasteiger partial charge < -0.3 is 18.8 Å². The quantitative estimate of drug-likeness (QED) is 0.366. The van der Waals surface area contributed by atoms with Crippen LogP contribution in [0.4, 0.5) is 17.1 Å². The third-order valence-corrected chi connectivity index (χ3v) is 7.91. The van der Waals surface area contributed by atoms with E-state index in [4.69, 9.17) is 9.84 Å². The fraction of sp³-hybridized carbons (Fsp3) is 0.739. The maximum absolute atomic E-state index is 10.4. The van der Waals surface area contributed by atoms with Crippen LogP contribution in [0.15, 0.2) is 12.1 Å². The molecule has 1 aromatic rings. The molecule has 13 heteroatoms. The highest BCUT2D eigenvalue weighted by atomic mass is 16.6. The fourth-order valence-electron chi connectivity index (χ4n) is 5.70. The van der Waals surface area contributed by atoms with E-state index in [9.17, 15) is 30.3 Å². The molecule has 4 rings (SSSR count). The Balaban J connectivity index is 0.000000207. The summed E-state index contributed by atoms with van der Waals surface area (Å²) in [6, 6.07) is 0.894. The van der Waals surface area contributed by atoms with Gasteiger partial charge in [-0.1, -0.05) is 12.8 Å². The molecule has 3 fully saturated rings. The molecule has 3 aliphatic rings. The summed E-state index contributed by atoms with van der Waals surface area (Å²) in [7, 11) is 0. The Bertz CT molecular complexity index is 905. The van der Waals surface area contributed by atoms with Gasteiger partial charge >= 0.3 is 11.4 Å². The Labute approximate surface area is 209 Å². The lowest BCUT2D eigenvalue weighted by atomic mass is 10.1. The van der Waals surface area contributed by atoms with Gasteiger partial charge in [0.1, 0.15) is 26.2 Å². The molecular weight excluding hydrogens is 474 g/mol. The van der Waals surface area contributed by atoms with Crippen molar-refractivity contribution in [3.8, 4) is 5.75 Å². The third-order valence-electron chi connectivity index (χ3n) is 7.91. The largest absolute Gasteiger partial charge is 0.497 e. The second-order valence-electron chi connectivity index (χ2n) is 10.2. The molecule has 13 nitrogen and oxygen atoms in total. The summed E-state index contributed by atoms with van der Waals surface area (Å²) < 4.78 is 8.44. The van der Waals surface area contributed by atoms with Gasteiger partial charge in [0.25, 0.3) is 11.4 Å². The first-order valence-corrected chi connectivity index (χ1v) is 12.8. The van der Waals surface area contributed by atoms with E-state index < -0.39 is 37.6 Å². The Morgan fingerprint density at radius 3 is 1.47 bits per heavy atom. The third kappa shape index (κ3) is 7.08. The Morgan fingerprint density at radius 2 is 1.03 bits per heavy atom. The van der Waals surface area contributed by atoms with Gasteiger partial charge in [-0.15, -0.1) is 0 Å². The maximum atomic E-state index is 10.4. The number of quaternary nitrogens is 2. The fourth-order valence-corrected chi connectivity index (χ4v) is 5.70. The van der Waals surface area contributed by atoms with Crippen LogP contribution >= 0.6 is 0 Å². The highest BCUT2D eigenvalue weighted by Gasteiger charge is 2.39. The topological polar surface area (TPSA) is 159 Å². The van der Waals surface area contributed by atoms with Crippen LogP contribution in [-0.2, 0) is 4.74 Å². The number of benzene rings is 1. The Kier molecular flexibility index (Phi) is 9.51. The van der Waals surface area contributed by atoms with Crippen molar-refractivity contribution in [3.05, 3.63) is 42.5 Å². The average molecular weight is 512 g/mol. The Hall–Kier alpha value is -2.90. The van der Waals surface area contributed by atoms with Gasteiger partial charge in [-0.3, -0.25) is 30.3 Å². The van der Waals surface area contributed by atoms with Crippen molar-refractivity contribution >= 4 is 17.1 Å². The lowest BCUT2D eigenvalue weighted by molar-refractivity contribution is -0.967. The first-order chi connectivity index (χ1) is 17.2. The van der Waals surface area contributed by atoms with Crippen molar-refractivity contribution in [3.63, 3.8) is 0 Å². The van der Waals surface area contributed by atoms with Gasteiger partial charge in [0.05, 0.1) is 66.3 Å². The van der Waals surface area contributed by atoms with Crippen LogP contribution in [0.25, 0.3) is 0 Å². The van der Waals surface area contributed by atoms with Gasteiger partial charge in [0.15, 0.2) is 0 Å². The number of rotatable bonds is 3. The van der Waals surface area contributed by atoms with Crippen LogP contribution < -0.4 is 0 Å². The van der Waals surface area contributed by atoms with Gasteiger partial charge in [0, 0.05) is 6.42 Å². The second-order valence-corrected chi connectivity index (χ2v) is 10.2. The van der Waals surface area contributed by atoms with Crippen molar-refractivity contribution in [2.75, 3.05) is 65.6 Å². The van der Waals surface area contributed by atoms with Gasteiger partial charge in [-0.2, -0.15) is 0 Å². The number of non-ortho nitro benzene ring substituents is 1. The maximum Gasteiger partial charge on any atom is 0.324 e. The summed E-state index contributed by atoms with van der Waals surface area (Å²) in [5.74, 6) is -1.21. The number of aromatic hydroxyl groups is 1. The van der Waals surface area contributed by atoms with E-state index in [-0.39, 0.29) is 0 Å². The van der Waals surface area contributed by atoms with E-state index in [0.717, 1.165) is 13.2 Å². The molecule has 0 bridgehead atoms. The lowest BCUT2D eigenvalue weighted by Gasteiger charge is -2.41. The number of phenolic OH excluding ortho intramolecular Hbond substituents is 1. The number of ether oxygens (including phenoxy) is 1. The zero-order valence-electron chi connectivity index (χ0n) is 20.7. The van der Waals surface area contributed by atoms with Crippen LogP contribution in [-0.4, -0.2) is 94.4 Å². The molecule has 1 N–H and O–H groups in total. The van der Waals surface area contributed by atoms with Crippen molar-refractivity contribution in [2.45, 2.75) is 44.9 Å². The summed E-state index contributed by atoms with van der Waals surface area (Å²) >= 11 is 0. The van der Waals surface area contributed by atoms with Gasteiger partial charge in [-0.25, -0.2) is 0 Å². The molecule has 0 saturated carbocycles. The average Bonchev–Trinajstić information content (AvgIpc) is 2.92. The summed E-state index contributed by atoms with van der Waals surface area (Å²) in [5, 5.41) is 40.2. The van der Waals surface area contributed by atoms with Gasteiger partial charge in [-0.05, 0) is 25.7 Å². The normalized spacial score (nSPS) is 21.7. The molecule has 0 unspecified atom stereocenters. The molecule has 0 aliphatic carbocycles. The van der Waals surface area contributed by atoms with E-state index in [1.807, 2.05) is 0 Å². The number of nitrogens with zero attached hydrogens (tertiary/aromatic N) is 5. The Morgan fingerprint density at radius 1 is 0.611 bits per heavy atom. The molecule has 3 saturated heterocycles. The molecule has 3 aliphatic heterocycles. The number of phenols is 1. The summed E-state index contributed by atoms with van der Waals surface area (Å²) in [6.45, 7) is 13.2. The first kappa shape index (κ1) is 27.7. The van der Waals surface area contributed by atoms with E-state index in [2.05, 4.69) is 0 Å². The van der Waals surface area contributed by atoms with Crippen molar-refractivity contribution < 1.29 is 33.6 Å². The highest BCUT2D eigenvalue weighted by Crippen LogP contribution is 2.39. The van der Waals surface area contributed by atoms with Crippen LogP contribution in [0, 0.1) is 30.3 Å². The first-order valence-electron chi connectivity index (χ1n) is 12.8. The second kappa shape index (κ2) is 12.4. The van der Waals surface area contributed by atoms with E-state index in [0.29, 0.717) is 12.1 Å². The van der Waals surface area contributed by atoms with Crippen LogP contribution in [0.5, 0.6) is 5.75 Å². The minimum absolute atomic E-state index is 0.447. The van der Waals surface area contributed by atoms with E-state index in [1.54, 1.807) is 0 Å². The van der Waals surface area contributed by atoms with Crippen molar-refractivity contribution in [2.24, 2.45) is 0 Å². The minimum atomic E-state index is -1.21. The number of hydrogen-bond donors (Lipinski definition) is 1. The highest BCUT2D eigenvalue weighted by molar-refractivity contribution is 5.64. The monoisotopic (exact) mass is 511 g/mol. The molecule has 36 heavy (non-hydrogen) atoms. The van der Waals surface area contributed by atoms with Crippen molar-refractivity contribution in [1.29, 1.82) is 0 Å². The summed E-state index contributed by atoms with van der Waals surface area (Å²) in [4.78, 5) is 27.8. The molecule has 2 spiro atoms. The molecule has 3 heterocycles. The SMILES string of the molecule is C1CCCC[N+]2(CCC1)CCC[N+]1(CCOCC1)CC2.O=[N+]([O-])c1cc([N+](=O)[O-])c(O)c([N+](=O)[O-])c1. The predicted octanol–water partition coefficient (Wildman–Crippen LogP) is 3.52.